The average Bonchev–Trinajstić information content (AvgIpc) is 2.20. The number of aromatic hydroxyl groups is 2. The Labute approximate surface area is 94.8 Å². The van der Waals surface area contributed by atoms with Gasteiger partial charge >= 0.3 is 0 Å². The molecule has 1 aromatic rings. The van der Waals surface area contributed by atoms with Crippen molar-refractivity contribution in [2.24, 2.45) is 5.73 Å². The summed E-state index contributed by atoms with van der Waals surface area (Å²) < 4.78 is 0. The van der Waals surface area contributed by atoms with E-state index in [1.165, 1.54) is 18.2 Å². The molecule has 0 amide bonds. The molecule has 5 heteroatoms. The zero-order valence-corrected chi connectivity index (χ0v) is 9.24. The van der Waals surface area contributed by atoms with Crippen LogP contribution in [0.15, 0.2) is 18.2 Å². The van der Waals surface area contributed by atoms with E-state index in [2.05, 4.69) is 0 Å². The molecule has 0 saturated heterocycles. The van der Waals surface area contributed by atoms with Crippen LogP contribution < -0.4 is 5.73 Å². The molecule has 1 rings (SSSR count). The number of aliphatic hydroxyl groups is 1. The van der Waals surface area contributed by atoms with Gasteiger partial charge in [0.15, 0.2) is 11.5 Å². The summed E-state index contributed by atoms with van der Waals surface area (Å²) in [6, 6.07) is 3.82. The summed E-state index contributed by atoms with van der Waals surface area (Å²) >= 11 is 0. The number of rotatable bonds is 3. The highest BCUT2D eigenvalue weighted by molar-refractivity contribution is 5.85. The van der Waals surface area contributed by atoms with Crippen LogP contribution in [0.4, 0.5) is 0 Å². The predicted molar refractivity (Wildman–Crippen MR) is 60.2 cm³/mol. The van der Waals surface area contributed by atoms with E-state index in [4.69, 9.17) is 10.8 Å². The van der Waals surface area contributed by atoms with Gasteiger partial charge in [-0.2, -0.15) is 0 Å². The van der Waals surface area contributed by atoms with Gasteiger partial charge in [0.1, 0.15) is 0 Å². The first-order valence-electron chi connectivity index (χ1n) is 4.51. The smallest absolute Gasteiger partial charge is 0.157 e. The van der Waals surface area contributed by atoms with Crippen LogP contribution in [-0.4, -0.2) is 21.4 Å². The van der Waals surface area contributed by atoms with Crippen LogP contribution in [0.25, 0.3) is 0 Å². The molecule has 0 aliphatic heterocycles. The topological polar surface area (TPSA) is 86.7 Å². The number of halogens is 1. The maximum Gasteiger partial charge on any atom is 0.157 e. The summed E-state index contributed by atoms with van der Waals surface area (Å²) in [4.78, 5) is 0. The molecule has 86 valence electrons. The number of benzene rings is 1. The summed E-state index contributed by atoms with van der Waals surface area (Å²) in [5, 5.41) is 27.9. The molecule has 0 bridgehead atoms. The summed E-state index contributed by atoms with van der Waals surface area (Å²) in [6.45, 7) is 1.87. The number of nitrogens with two attached hydrogens (primary N) is 1. The van der Waals surface area contributed by atoms with E-state index in [9.17, 15) is 10.2 Å². The normalized spacial score (nSPS) is 14.1. The molecule has 0 aliphatic rings. The minimum absolute atomic E-state index is 0. The van der Waals surface area contributed by atoms with Crippen molar-refractivity contribution in [3.05, 3.63) is 23.8 Å². The fourth-order valence-corrected chi connectivity index (χ4v) is 1.19. The Balaban J connectivity index is 0.00000196. The molecule has 0 radical (unpaired) electrons. The minimum Gasteiger partial charge on any atom is -0.504 e. The number of aliphatic hydroxyl groups excluding tert-OH is 1. The Kier molecular flexibility index (Phi) is 5.43. The summed E-state index contributed by atoms with van der Waals surface area (Å²) in [5.41, 5.74) is 6.15. The second-order valence-corrected chi connectivity index (χ2v) is 3.27. The molecule has 0 heterocycles. The number of phenolic OH excluding ortho intramolecular Hbond substituents is 2. The molecule has 0 unspecified atom stereocenters. The van der Waals surface area contributed by atoms with Gasteiger partial charge in [0.25, 0.3) is 0 Å². The van der Waals surface area contributed by atoms with Crippen LogP contribution in [0, 0.1) is 0 Å². The average molecular weight is 234 g/mol. The molecular formula is C10H16ClNO3. The maximum atomic E-state index is 9.69. The highest BCUT2D eigenvalue weighted by Gasteiger charge is 2.16. The van der Waals surface area contributed by atoms with Crippen LogP contribution in [-0.2, 0) is 0 Å². The van der Waals surface area contributed by atoms with Crippen LogP contribution in [0.3, 0.4) is 0 Å². The van der Waals surface area contributed by atoms with Crippen molar-refractivity contribution in [1.29, 1.82) is 0 Å². The van der Waals surface area contributed by atoms with E-state index in [-0.39, 0.29) is 29.9 Å². The lowest BCUT2D eigenvalue weighted by Crippen LogP contribution is -2.27. The van der Waals surface area contributed by atoms with E-state index in [0.29, 0.717) is 12.0 Å². The summed E-state index contributed by atoms with van der Waals surface area (Å²) in [5.74, 6) is -0.448. The highest BCUT2D eigenvalue weighted by atomic mass is 35.5. The van der Waals surface area contributed by atoms with Gasteiger partial charge in [-0.3, -0.25) is 0 Å². The first kappa shape index (κ1) is 14.0. The van der Waals surface area contributed by atoms with Crippen molar-refractivity contribution >= 4 is 12.4 Å². The molecular weight excluding hydrogens is 218 g/mol. The molecule has 1 aromatic carbocycles. The lowest BCUT2D eigenvalue weighted by Gasteiger charge is -2.17. The second-order valence-electron chi connectivity index (χ2n) is 3.27. The van der Waals surface area contributed by atoms with Crippen molar-refractivity contribution in [1.82, 2.24) is 0 Å². The van der Waals surface area contributed by atoms with Gasteiger partial charge in [0.2, 0.25) is 0 Å². The largest absolute Gasteiger partial charge is 0.504 e. The first-order chi connectivity index (χ1) is 6.56. The summed E-state index contributed by atoms with van der Waals surface area (Å²) in [6.07, 6.45) is -0.172. The zero-order chi connectivity index (χ0) is 10.7. The molecule has 15 heavy (non-hydrogen) atoms. The highest BCUT2D eigenvalue weighted by Crippen LogP contribution is 2.28. The van der Waals surface area contributed by atoms with Crippen LogP contribution in [0.5, 0.6) is 11.5 Å². The Morgan fingerprint density at radius 2 is 1.87 bits per heavy atom. The van der Waals surface area contributed by atoms with Gasteiger partial charge < -0.3 is 21.1 Å². The second kappa shape index (κ2) is 5.80. The van der Waals surface area contributed by atoms with Crippen molar-refractivity contribution in [3.8, 4) is 11.5 Å². The Morgan fingerprint density at radius 3 is 2.33 bits per heavy atom. The SMILES string of the molecule is CC[C@H](N)[C@H](O)c1ccc(O)c(O)c1.Cl. The first-order valence-corrected chi connectivity index (χ1v) is 4.51. The Hall–Kier alpha value is -0.970. The fraction of sp³-hybridized carbons (Fsp3) is 0.400. The van der Waals surface area contributed by atoms with Gasteiger partial charge in [-0.1, -0.05) is 13.0 Å². The van der Waals surface area contributed by atoms with Crippen LogP contribution >= 0.6 is 12.4 Å². The Morgan fingerprint density at radius 1 is 1.27 bits per heavy atom. The Bertz CT molecular complexity index is 320. The van der Waals surface area contributed by atoms with Gasteiger partial charge in [-0.15, -0.1) is 12.4 Å². The molecule has 0 fully saturated rings. The molecule has 0 saturated carbocycles. The standard InChI is InChI=1S/C10H15NO3.ClH/c1-2-7(11)10(14)6-3-4-8(12)9(13)5-6;/h3-5,7,10,12-14H,2,11H2,1H3;1H/t7-,10+;/m0./s1. The lowest BCUT2D eigenvalue weighted by atomic mass is 10.0. The molecule has 5 N–H and O–H groups in total. The third-order valence-corrected chi connectivity index (χ3v) is 2.22. The molecule has 0 spiro atoms. The monoisotopic (exact) mass is 233 g/mol. The number of hydrogen-bond acceptors (Lipinski definition) is 4. The zero-order valence-electron chi connectivity index (χ0n) is 8.42. The van der Waals surface area contributed by atoms with E-state index >= 15 is 0 Å². The van der Waals surface area contributed by atoms with Crippen molar-refractivity contribution in [2.75, 3.05) is 0 Å². The number of hydrogen-bond donors (Lipinski definition) is 4. The van der Waals surface area contributed by atoms with Gasteiger partial charge in [0, 0.05) is 6.04 Å². The van der Waals surface area contributed by atoms with Crippen LogP contribution in [0.1, 0.15) is 25.0 Å². The minimum atomic E-state index is -0.813. The maximum absolute atomic E-state index is 9.69. The fourth-order valence-electron chi connectivity index (χ4n) is 1.19. The third-order valence-electron chi connectivity index (χ3n) is 2.22. The van der Waals surface area contributed by atoms with E-state index in [1.807, 2.05) is 6.92 Å². The lowest BCUT2D eigenvalue weighted by molar-refractivity contribution is 0.144. The van der Waals surface area contributed by atoms with Crippen molar-refractivity contribution < 1.29 is 15.3 Å². The van der Waals surface area contributed by atoms with Gasteiger partial charge in [0.05, 0.1) is 6.10 Å². The summed E-state index contributed by atoms with van der Waals surface area (Å²) in [7, 11) is 0. The van der Waals surface area contributed by atoms with E-state index in [1.54, 1.807) is 0 Å². The molecule has 0 aliphatic carbocycles. The molecule has 2 atom stereocenters. The number of phenols is 2. The van der Waals surface area contributed by atoms with Crippen molar-refractivity contribution in [2.45, 2.75) is 25.5 Å². The van der Waals surface area contributed by atoms with Crippen LogP contribution in [0.2, 0.25) is 0 Å². The predicted octanol–water partition coefficient (Wildman–Crippen LogP) is 1.29. The van der Waals surface area contributed by atoms with E-state index in [0.717, 1.165) is 0 Å². The van der Waals surface area contributed by atoms with Crippen molar-refractivity contribution in [3.63, 3.8) is 0 Å². The quantitative estimate of drug-likeness (QED) is 0.593. The van der Waals surface area contributed by atoms with Gasteiger partial charge in [-0.05, 0) is 24.1 Å². The third kappa shape index (κ3) is 3.27. The van der Waals surface area contributed by atoms with E-state index < -0.39 is 6.10 Å². The van der Waals surface area contributed by atoms with Gasteiger partial charge in [-0.25, -0.2) is 0 Å². The molecule has 0 aromatic heterocycles. The molecule has 4 nitrogen and oxygen atoms in total.